The summed E-state index contributed by atoms with van der Waals surface area (Å²) < 4.78 is 20.5. The molecule has 0 aliphatic rings. The van der Waals surface area contributed by atoms with E-state index in [0.29, 0.717) is 5.56 Å². The van der Waals surface area contributed by atoms with Crippen molar-refractivity contribution in [3.63, 3.8) is 0 Å². The number of hydrazine groups is 1. The lowest BCUT2D eigenvalue weighted by atomic mass is 10.1. The minimum atomic E-state index is -1.29. The molecule has 3 amide bonds. The normalized spacial score (nSPS) is 10.9. The number of carbonyl (C=O) groups excluding carboxylic acids is 5. The SMILES string of the molecule is COC(=O)C(=O)N[C@H](Cc1ccc(OC(=O)OCc2ccccc2Br)cc1)C(=O)NNC(=O)OCc1ccccc1. The van der Waals surface area contributed by atoms with Crippen LogP contribution in [0.4, 0.5) is 9.59 Å². The second kappa shape index (κ2) is 15.6. The number of hydrogen-bond donors (Lipinski definition) is 3. The average Bonchev–Trinajstić information content (AvgIpc) is 2.99. The van der Waals surface area contributed by atoms with Crippen LogP contribution >= 0.6 is 15.9 Å². The number of esters is 1. The van der Waals surface area contributed by atoms with Gasteiger partial charge in [-0.15, -0.1) is 0 Å². The fraction of sp³-hybridized carbons (Fsp3) is 0.179. The van der Waals surface area contributed by atoms with E-state index in [4.69, 9.17) is 14.2 Å². The maximum absolute atomic E-state index is 12.8. The highest BCUT2D eigenvalue weighted by Gasteiger charge is 2.25. The number of methoxy groups -OCH3 is 1. The smallest absolute Gasteiger partial charge is 0.462 e. The molecule has 0 saturated heterocycles. The van der Waals surface area contributed by atoms with E-state index in [1.807, 2.05) is 24.3 Å². The minimum absolute atomic E-state index is 0.00284. The lowest BCUT2D eigenvalue weighted by molar-refractivity contribution is -0.153. The molecule has 1 atom stereocenters. The fourth-order valence-electron chi connectivity index (χ4n) is 3.29. The van der Waals surface area contributed by atoms with Crippen LogP contribution in [0.5, 0.6) is 5.75 Å². The zero-order valence-corrected chi connectivity index (χ0v) is 23.3. The molecular weight excluding hydrogens is 602 g/mol. The molecule has 0 bridgehead atoms. The molecule has 0 radical (unpaired) electrons. The van der Waals surface area contributed by atoms with Gasteiger partial charge >= 0.3 is 24.1 Å². The maximum atomic E-state index is 12.8. The van der Waals surface area contributed by atoms with E-state index in [1.165, 1.54) is 12.1 Å². The van der Waals surface area contributed by atoms with Crippen LogP contribution in [0, 0.1) is 0 Å². The van der Waals surface area contributed by atoms with Gasteiger partial charge in [0.05, 0.1) is 7.11 Å². The third-order valence-corrected chi connectivity index (χ3v) is 6.13. The molecular formula is C28H26BrN3O9. The predicted octanol–water partition coefficient (Wildman–Crippen LogP) is 3.32. The van der Waals surface area contributed by atoms with Gasteiger partial charge in [0, 0.05) is 16.5 Å². The van der Waals surface area contributed by atoms with Gasteiger partial charge in [0.15, 0.2) is 0 Å². The van der Waals surface area contributed by atoms with Crippen LogP contribution in [0.1, 0.15) is 16.7 Å². The van der Waals surface area contributed by atoms with Crippen LogP contribution in [0.25, 0.3) is 0 Å². The van der Waals surface area contributed by atoms with Crippen molar-refractivity contribution >= 4 is 46.0 Å². The number of rotatable bonds is 9. The van der Waals surface area contributed by atoms with Gasteiger partial charge in [-0.3, -0.25) is 15.0 Å². The first-order valence-electron chi connectivity index (χ1n) is 12.1. The molecule has 0 spiro atoms. The summed E-state index contributed by atoms with van der Waals surface area (Å²) in [5, 5.41) is 2.25. The first kappa shape index (κ1) is 30.6. The zero-order valence-electron chi connectivity index (χ0n) is 21.8. The zero-order chi connectivity index (χ0) is 29.6. The van der Waals surface area contributed by atoms with Crippen LogP contribution < -0.4 is 20.9 Å². The Balaban J connectivity index is 1.55. The topological polar surface area (TPSA) is 158 Å². The summed E-state index contributed by atoms with van der Waals surface area (Å²) >= 11 is 3.37. The Morgan fingerprint density at radius 3 is 2.15 bits per heavy atom. The quantitative estimate of drug-likeness (QED) is 0.106. The average molecular weight is 628 g/mol. The van der Waals surface area contributed by atoms with Gasteiger partial charge in [0.1, 0.15) is 25.0 Å². The van der Waals surface area contributed by atoms with E-state index in [0.717, 1.165) is 22.7 Å². The van der Waals surface area contributed by atoms with Crippen molar-refractivity contribution in [3.05, 3.63) is 100 Å². The van der Waals surface area contributed by atoms with Crippen molar-refractivity contribution in [1.82, 2.24) is 16.2 Å². The van der Waals surface area contributed by atoms with Crippen molar-refractivity contribution in [2.24, 2.45) is 0 Å². The highest BCUT2D eigenvalue weighted by atomic mass is 79.9. The van der Waals surface area contributed by atoms with E-state index < -0.39 is 36.1 Å². The Hall–Kier alpha value is -4.91. The molecule has 3 aromatic carbocycles. The van der Waals surface area contributed by atoms with Crippen LogP contribution in [0.15, 0.2) is 83.3 Å². The summed E-state index contributed by atoms with van der Waals surface area (Å²) in [6.07, 6.45) is -1.95. The second-order valence-corrected chi connectivity index (χ2v) is 9.13. The largest absolute Gasteiger partial charge is 0.514 e. The van der Waals surface area contributed by atoms with Crippen molar-refractivity contribution in [2.45, 2.75) is 25.7 Å². The standard InChI is InChI=1S/C28H26BrN3O9/c1-38-26(35)25(34)30-23(24(33)31-32-27(36)39-16-19-7-3-2-4-8-19)15-18-11-13-21(14-12-18)41-28(37)40-17-20-9-5-6-10-22(20)29/h2-14,23H,15-17H2,1H3,(H,30,34)(H,31,33)(H,32,36)/t23-/m1/s1. The number of benzene rings is 3. The molecule has 0 aliphatic carbocycles. The number of ether oxygens (including phenoxy) is 4. The maximum Gasteiger partial charge on any atom is 0.514 e. The fourth-order valence-corrected chi connectivity index (χ4v) is 3.68. The van der Waals surface area contributed by atoms with Crippen LogP contribution in [0.3, 0.4) is 0 Å². The molecule has 3 rings (SSSR count). The molecule has 0 unspecified atom stereocenters. The van der Waals surface area contributed by atoms with Crippen molar-refractivity contribution in [2.75, 3.05) is 7.11 Å². The van der Waals surface area contributed by atoms with Gasteiger partial charge in [-0.2, -0.15) is 0 Å². The molecule has 214 valence electrons. The molecule has 0 saturated carbocycles. The van der Waals surface area contributed by atoms with E-state index in [2.05, 4.69) is 36.8 Å². The van der Waals surface area contributed by atoms with Gasteiger partial charge in [-0.1, -0.05) is 76.6 Å². The molecule has 3 N–H and O–H groups in total. The van der Waals surface area contributed by atoms with Crippen molar-refractivity contribution in [3.8, 4) is 5.75 Å². The molecule has 41 heavy (non-hydrogen) atoms. The molecule has 3 aromatic rings. The van der Waals surface area contributed by atoms with Crippen LogP contribution in [-0.4, -0.2) is 43.2 Å². The van der Waals surface area contributed by atoms with Gasteiger partial charge < -0.3 is 24.3 Å². The molecule has 13 heteroatoms. The number of amides is 3. The Labute approximate surface area is 243 Å². The number of carbonyl (C=O) groups is 5. The first-order valence-corrected chi connectivity index (χ1v) is 12.9. The summed E-state index contributed by atoms with van der Waals surface area (Å²) in [7, 11) is 1.02. The Morgan fingerprint density at radius 2 is 1.46 bits per heavy atom. The molecule has 12 nitrogen and oxygen atoms in total. The van der Waals surface area contributed by atoms with E-state index >= 15 is 0 Å². The van der Waals surface area contributed by atoms with Gasteiger partial charge in [-0.05, 0) is 29.3 Å². The summed E-state index contributed by atoms with van der Waals surface area (Å²) in [4.78, 5) is 60.5. The van der Waals surface area contributed by atoms with E-state index in [-0.39, 0.29) is 25.4 Å². The molecule has 0 fully saturated rings. The highest BCUT2D eigenvalue weighted by molar-refractivity contribution is 9.10. The lowest BCUT2D eigenvalue weighted by Crippen LogP contribution is -2.54. The molecule has 0 aliphatic heterocycles. The van der Waals surface area contributed by atoms with Crippen LogP contribution in [0.2, 0.25) is 0 Å². The summed E-state index contributed by atoms with van der Waals surface area (Å²) in [6.45, 7) is -0.0281. The Morgan fingerprint density at radius 1 is 0.780 bits per heavy atom. The van der Waals surface area contributed by atoms with Crippen molar-refractivity contribution < 1.29 is 42.9 Å². The van der Waals surface area contributed by atoms with Gasteiger partial charge in [0.2, 0.25) is 0 Å². The van der Waals surface area contributed by atoms with E-state index in [1.54, 1.807) is 42.5 Å². The van der Waals surface area contributed by atoms with Gasteiger partial charge in [-0.25, -0.2) is 19.8 Å². The predicted molar refractivity (Wildman–Crippen MR) is 147 cm³/mol. The monoisotopic (exact) mass is 627 g/mol. The Kier molecular flexibility index (Phi) is 11.7. The number of hydrogen-bond acceptors (Lipinski definition) is 9. The number of nitrogens with one attached hydrogen (secondary N) is 3. The molecule has 0 heterocycles. The van der Waals surface area contributed by atoms with Crippen molar-refractivity contribution in [1.29, 1.82) is 0 Å². The third kappa shape index (κ3) is 10.3. The number of halogens is 1. The second-order valence-electron chi connectivity index (χ2n) is 8.27. The van der Waals surface area contributed by atoms with Gasteiger partial charge in [0.25, 0.3) is 5.91 Å². The van der Waals surface area contributed by atoms with E-state index in [9.17, 15) is 24.0 Å². The summed E-state index contributed by atoms with van der Waals surface area (Å²) in [6, 6.07) is 20.9. The summed E-state index contributed by atoms with van der Waals surface area (Å²) in [5.74, 6) is -3.03. The minimum Gasteiger partial charge on any atom is -0.462 e. The summed E-state index contributed by atoms with van der Waals surface area (Å²) in [5.41, 5.74) is 6.26. The highest BCUT2D eigenvalue weighted by Crippen LogP contribution is 2.18. The third-order valence-electron chi connectivity index (χ3n) is 5.36. The van der Waals surface area contributed by atoms with Crippen LogP contribution in [-0.2, 0) is 48.2 Å². The molecule has 0 aromatic heterocycles. The Bertz CT molecular complexity index is 1370. The first-order chi connectivity index (χ1) is 19.7. The lowest BCUT2D eigenvalue weighted by Gasteiger charge is -2.18.